The molecule has 0 aromatic carbocycles. The van der Waals surface area contributed by atoms with Gasteiger partial charge in [-0.05, 0) is 12.5 Å². The number of nitriles is 1. The van der Waals surface area contributed by atoms with Gasteiger partial charge in [0.15, 0.2) is 0 Å². The van der Waals surface area contributed by atoms with Gasteiger partial charge in [0, 0.05) is 0 Å². The van der Waals surface area contributed by atoms with Gasteiger partial charge in [-0.15, -0.1) is 0 Å². The van der Waals surface area contributed by atoms with E-state index < -0.39 is 5.97 Å². The lowest BCUT2D eigenvalue weighted by Gasteiger charge is -1.85. The quantitative estimate of drug-likeness (QED) is 0.393. The number of carboxylic acid groups (broad SMARTS) is 1. The number of unbranched alkanes of at least 4 members (excludes halogenated alkanes) is 1. The molecule has 0 aliphatic heterocycles. The number of carbonyl (C=O) groups is 1. The Hall–Kier alpha value is -1.56. The highest BCUT2D eigenvalue weighted by Crippen LogP contribution is 1.94. The molecular weight excluding hydrogens is 154 g/mol. The van der Waals surface area contributed by atoms with Crippen molar-refractivity contribution in [2.45, 2.75) is 19.8 Å². The monoisotopic (exact) mass is 165 g/mol. The number of aliphatic carboxylic acids is 1. The van der Waals surface area contributed by atoms with E-state index in [0.29, 0.717) is 0 Å². The van der Waals surface area contributed by atoms with Crippen molar-refractivity contribution in [2.75, 3.05) is 0 Å². The van der Waals surface area contributed by atoms with Gasteiger partial charge in [0.25, 0.3) is 0 Å². The van der Waals surface area contributed by atoms with Gasteiger partial charge in [0.05, 0.1) is 0 Å². The Kier molecular flexibility index (Phi) is 5.37. The molecule has 1 N–H and O–H groups in total. The summed E-state index contributed by atoms with van der Waals surface area (Å²) in [5.41, 5.74) is -0.234. The maximum absolute atomic E-state index is 10.3. The average molecular weight is 165 g/mol. The molecule has 0 heterocycles. The highest BCUT2D eigenvalue weighted by molar-refractivity contribution is 5.91. The van der Waals surface area contributed by atoms with Crippen LogP contribution in [0.25, 0.3) is 0 Å². The average Bonchev–Trinajstić information content (AvgIpc) is 2.04. The Morgan fingerprint density at radius 1 is 1.67 bits per heavy atom. The van der Waals surface area contributed by atoms with Crippen LogP contribution in [0.5, 0.6) is 0 Å². The summed E-state index contributed by atoms with van der Waals surface area (Å²) in [5, 5.41) is 16.7. The zero-order valence-electron chi connectivity index (χ0n) is 6.95. The Labute approximate surface area is 71.6 Å². The van der Waals surface area contributed by atoms with Crippen LogP contribution in [0.1, 0.15) is 19.8 Å². The molecular formula is C9H11NO2. The third-order valence-corrected chi connectivity index (χ3v) is 1.21. The fourth-order valence-corrected chi connectivity index (χ4v) is 0.584. The van der Waals surface area contributed by atoms with E-state index in [2.05, 4.69) is 0 Å². The Bertz CT molecular complexity index is 246. The van der Waals surface area contributed by atoms with Crippen LogP contribution in [0, 0.1) is 11.3 Å². The topological polar surface area (TPSA) is 61.1 Å². The molecule has 3 heteroatoms. The molecule has 0 rings (SSSR count). The largest absolute Gasteiger partial charge is 0.477 e. The van der Waals surface area contributed by atoms with Gasteiger partial charge in [-0.1, -0.05) is 25.5 Å². The summed E-state index contributed by atoms with van der Waals surface area (Å²) < 4.78 is 0. The molecule has 0 aliphatic carbocycles. The first-order valence-electron chi connectivity index (χ1n) is 3.72. The smallest absolute Gasteiger partial charge is 0.346 e. The second-order valence-electron chi connectivity index (χ2n) is 2.21. The van der Waals surface area contributed by atoms with E-state index in [4.69, 9.17) is 10.4 Å². The molecule has 0 unspecified atom stereocenters. The maximum Gasteiger partial charge on any atom is 0.346 e. The summed E-state index contributed by atoms with van der Waals surface area (Å²) in [6, 6.07) is 1.59. The molecule has 0 atom stereocenters. The summed E-state index contributed by atoms with van der Waals surface area (Å²) in [5.74, 6) is -1.18. The SMILES string of the molecule is CCC/C=C/C=C(\C#N)C(=O)O. The molecule has 3 nitrogen and oxygen atoms in total. The standard InChI is InChI=1S/C9H11NO2/c1-2-3-4-5-6-8(7-10)9(11)12/h4-6H,2-3H2,1H3,(H,11,12)/b5-4+,8-6+. The van der Waals surface area contributed by atoms with E-state index in [-0.39, 0.29) is 5.57 Å². The summed E-state index contributed by atoms with van der Waals surface area (Å²) in [6.07, 6.45) is 6.64. The van der Waals surface area contributed by atoms with Crippen LogP contribution in [-0.4, -0.2) is 11.1 Å². The van der Waals surface area contributed by atoms with Gasteiger partial charge in [-0.2, -0.15) is 5.26 Å². The van der Waals surface area contributed by atoms with Crippen molar-refractivity contribution < 1.29 is 9.90 Å². The lowest BCUT2D eigenvalue weighted by molar-refractivity contribution is -0.132. The number of carboxylic acids is 1. The van der Waals surface area contributed by atoms with Crippen LogP contribution in [0.15, 0.2) is 23.8 Å². The van der Waals surface area contributed by atoms with Crippen molar-refractivity contribution in [3.05, 3.63) is 23.8 Å². The minimum atomic E-state index is -1.18. The van der Waals surface area contributed by atoms with Crippen LogP contribution in [0.4, 0.5) is 0 Å². The number of nitrogens with zero attached hydrogens (tertiary/aromatic N) is 1. The molecule has 0 fully saturated rings. The zero-order chi connectivity index (χ0) is 9.40. The number of hydrogen-bond acceptors (Lipinski definition) is 2. The van der Waals surface area contributed by atoms with Crippen LogP contribution in [0.2, 0.25) is 0 Å². The molecule has 0 aromatic heterocycles. The van der Waals surface area contributed by atoms with Crippen LogP contribution < -0.4 is 0 Å². The van der Waals surface area contributed by atoms with Crippen LogP contribution in [0.3, 0.4) is 0 Å². The van der Waals surface area contributed by atoms with Crippen molar-refractivity contribution >= 4 is 5.97 Å². The Morgan fingerprint density at radius 2 is 2.33 bits per heavy atom. The van der Waals surface area contributed by atoms with Gasteiger partial charge < -0.3 is 5.11 Å². The summed E-state index contributed by atoms with van der Waals surface area (Å²) >= 11 is 0. The molecule has 0 radical (unpaired) electrons. The molecule has 0 bridgehead atoms. The third-order valence-electron chi connectivity index (χ3n) is 1.21. The minimum Gasteiger partial charge on any atom is -0.477 e. The molecule has 0 saturated heterocycles. The molecule has 64 valence electrons. The highest BCUT2D eigenvalue weighted by atomic mass is 16.4. The van der Waals surface area contributed by atoms with Crippen molar-refractivity contribution in [2.24, 2.45) is 0 Å². The van der Waals surface area contributed by atoms with Gasteiger partial charge in [0.1, 0.15) is 11.6 Å². The van der Waals surface area contributed by atoms with E-state index in [9.17, 15) is 4.79 Å². The Balaban J connectivity index is 4.15. The third kappa shape index (κ3) is 4.29. The van der Waals surface area contributed by atoms with Crippen molar-refractivity contribution in [1.29, 1.82) is 5.26 Å². The number of hydrogen-bond donors (Lipinski definition) is 1. The van der Waals surface area contributed by atoms with Crippen molar-refractivity contribution in [3.63, 3.8) is 0 Å². The van der Waals surface area contributed by atoms with Gasteiger partial charge in [0.2, 0.25) is 0 Å². The van der Waals surface area contributed by atoms with E-state index in [0.717, 1.165) is 12.8 Å². The van der Waals surface area contributed by atoms with Crippen LogP contribution >= 0.6 is 0 Å². The molecule has 0 spiro atoms. The highest BCUT2D eigenvalue weighted by Gasteiger charge is 2.01. The van der Waals surface area contributed by atoms with Gasteiger partial charge in [-0.3, -0.25) is 0 Å². The lowest BCUT2D eigenvalue weighted by Crippen LogP contribution is -1.96. The summed E-state index contributed by atoms with van der Waals surface area (Å²) in [4.78, 5) is 10.3. The van der Waals surface area contributed by atoms with E-state index in [1.165, 1.54) is 6.08 Å². The van der Waals surface area contributed by atoms with E-state index in [1.54, 1.807) is 12.1 Å². The predicted molar refractivity (Wildman–Crippen MR) is 45.4 cm³/mol. The first kappa shape index (κ1) is 10.4. The van der Waals surface area contributed by atoms with E-state index >= 15 is 0 Å². The first-order valence-corrected chi connectivity index (χ1v) is 3.72. The van der Waals surface area contributed by atoms with Gasteiger partial charge in [-0.25, -0.2) is 4.79 Å². The van der Waals surface area contributed by atoms with Crippen molar-refractivity contribution in [3.8, 4) is 6.07 Å². The fourth-order valence-electron chi connectivity index (χ4n) is 0.584. The molecule has 12 heavy (non-hydrogen) atoms. The first-order chi connectivity index (χ1) is 5.72. The molecule has 0 amide bonds. The minimum absolute atomic E-state index is 0.234. The maximum atomic E-state index is 10.3. The van der Waals surface area contributed by atoms with Crippen molar-refractivity contribution in [1.82, 2.24) is 0 Å². The zero-order valence-corrected chi connectivity index (χ0v) is 6.95. The second-order valence-corrected chi connectivity index (χ2v) is 2.21. The predicted octanol–water partition coefficient (Wildman–Crippen LogP) is 1.88. The normalized spacial score (nSPS) is 11.5. The summed E-state index contributed by atoms with van der Waals surface area (Å²) in [6.45, 7) is 2.02. The number of rotatable bonds is 4. The van der Waals surface area contributed by atoms with E-state index in [1.807, 2.05) is 13.0 Å². The van der Waals surface area contributed by atoms with Gasteiger partial charge >= 0.3 is 5.97 Å². The molecule has 0 aliphatic rings. The van der Waals surface area contributed by atoms with Crippen LogP contribution in [-0.2, 0) is 4.79 Å². The Morgan fingerprint density at radius 3 is 2.75 bits per heavy atom. The molecule has 0 aromatic rings. The fraction of sp³-hybridized carbons (Fsp3) is 0.333. The molecule has 0 saturated carbocycles. The second kappa shape index (κ2) is 6.17. The lowest BCUT2D eigenvalue weighted by atomic mass is 10.2. The number of allylic oxidation sites excluding steroid dienone is 3. The summed E-state index contributed by atoms with van der Waals surface area (Å²) in [7, 11) is 0.